The van der Waals surface area contributed by atoms with Crippen molar-refractivity contribution in [2.45, 2.75) is 39.2 Å². The highest BCUT2D eigenvalue weighted by Gasteiger charge is 2.15. The number of thiophene rings is 1. The fraction of sp³-hybridized carbons (Fsp3) is 0.750. The van der Waals surface area contributed by atoms with Gasteiger partial charge in [0, 0.05) is 29.4 Å². The molecule has 1 aliphatic heterocycles. The Hall–Kier alpha value is -0.420. The van der Waals surface area contributed by atoms with Gasteiger partial charge in [-0.2, -0.15) is 0 Å². The van der Waals surface area contributed by atoms with Gasteiger partial charge in [-0.15, -0.1) is 11.3 Å². The van der Waals surface area contributed by atoms with Gasteiger partial charge in [0.05, 0.1) is 13.2 Å². The van der Waals surface area contributed by atoms with Crippen LogP contribution in [0.4, 0.5) is 0 Å². The first kappa shape index (κ1) is 16.0. The van der Waals surface area contributed by atoms with Gasteiger partial charge in [-0.3, -0.25) is 4.90 Å². The summed E-state index contributed by atoms with van der Waals surface area (Å²) < 4.78 is 5.36. The number of ether oxygens (including phenoxy) is 1. The van der Waals surface area contributed by atoms with E-state index in [1.807, 2.05) is 11.3 Å². The molecule has 0 spiro atoms. The van der Waals surface area contributed by atoms with Crippen LogP contribution in [0.25, 0.3) is 0 Å². The number of hydrogen-bond donors (Lipinski definition) is 1. The highest BCUT2D eigenvalue weighted by atomic mass is 32.1. The second-order valence-corrected chi connectivity index (χ2v) is 7.67. The van der Waals surface area contributed by atoms with Crippen LogP contribution in [0.1, 0.15) is 36.9 Å². The zero-order valence-electron chi connectivity index (χ0n) is 13.1. The van der Waals surface area contributed by atoms with E-state index in [-0.39, 0.29) is 5.41 Å². The second-order valence-electron chi connectivity index (χ2n) is 6.50. The monoisotopic (exact) mass is 296 g/mol. The van der Waals surface area contributed by atoms with E-state index in [0.717, 1.165) is 39.4 Å². The van der Waals surface area contributed by atoms with Crippen molar-refractivity contribution in [2.24, 2.45) is 0 Å². The zero-order chi connectivity index (χ0) is 14.4. The number of nitrogens with zero attached hydrogens (tertiary/aromatic N) is 1. The van der Waals surface area contributed by atoms with Gasteiger partial charge in [-0.1, -0.05) is 20.8 Å². The molecule has 0 aromatic carbocycles. The van der Waals surface area contributed by atoms with Gasteiger partial charge in [-0.25, -0.2) is 0 Å². The van der Waals surface area contributed by atoms with Crippen molar-refractivity contribution in [3.05, 3.63) is 21.9 Å². The van der Waals surface area contributed by atoms with Gasteiger partial charge in [0.15, 0.2) is 0 Å². The number of morpholine rings is 1. The molecule has 1 N–H and O–H groups in total. The predicted octanol–water partition coefficient (Wildman–Crippen LogP) is 2.86. The topological polar surface area (TPSA) is 24.5 Å². The molecule has 1 saturated heterocycles. The first-order valence-electron chi connectivity index (χ1n) is 7.66. The predicted molar refractivity (Wildman–Crippen MR) is 86.6 cm³/mol. The Balaban J connectivity index is 1.60. The molecule has 0 unspecified atom stereocenters. The largest absolute Gasteiger partial charge is 0.379 e. The number of hydrogen-bond acceptors (Lipinski definition) is 4. The molecule has 0 saturated carbocycles. The SMILES string of the molecule is CC(C)(C)c1ccc(CNCCCN2CCOCC2)s1. The molecule has 114 valence electrons. The van der Waals surface area contributed by atoms with Crippen LogP contribution in [0, 0.1) is 0 Å². The fourth-order valence-corrected chi connectivity index (χ4v) is 3.38. The average Bonchev–Trinajstić information content (AvgIpc) is 2.88. The molecule has 20 heavy (non-hydrogen) atoms. The van der Waals surface area contributed by atoms with Crippen LogP contribution >= 0.6 is 11.3 Å². The highest BCUT2D eigenvalue weighted by Crippen LogP contribution is 2.29. The smallest absolute Gasteiger partial charge is 0.0594 e. The molecule has 1 fully saturated rings. The highest BCUT2D eigenvalue weighted by molar-refractivity contribution is 7.12. The summed E-state index contributed by atoms with van der Waals surface area (Å²) in [5, 5.41) is 3.56. The van der Waals surface area contributed by atoms with E-state index >= 15 is 0 Å². The first-order valence-corrected chi connectivity index (χ1v) is 8.47. The van der Waals surface area contributed by atoms with Crippen molar-refractivity contribution in [1.82, 2.24) is 10.2 Å². The minimum absolute atomic E-state index is 0.277. The van der Waals surface area contributed by atoms with Gasteiger partial charge >= 0.3 is 0 Å². The van der Waals surface area contributed by atoms with Crippen LogP contribution in [-0.2, 0) is 16.7 Å². The molecule has 0 atom stereocenters. The summed E-state index contributed by atoms with van der Waals surface area (Å²) in [6, 6.07) is 4.54. The number of rotatable bonds is 6. The lowest BCUT2D eigenvalue weighted by Gasteiger charge is -2.26. The Kier molecular flexibility index (Phi) is 6.02. The van der Waals surface area contributed by atoms with E-state index in [2.05, 4.69) is 43.1 Å². The molecule has 2 rings (SSSR count). The van der Waals surface area contributed by atoms with E-state index in [1.54, 1.807) is 0 Å². The maximum absolute atomic E-state index is 5.36. The summed E-state index contributed by atoms with van der Waals surface area (Å²) in [6.07, 6.45) is 1.22. The van der Waals surface area contributed by atoms with Crippen LogP contribution in [-0.4, -0.2) is 44.3 Å². The van der Waals surface area contributed by atoms with E-state index in [1.165, 1.54) is 22.7 Å². The van der Waals surface area contributed by atoms with E-state index in [0.29, 0.717) is 0 Å². The third-order valence-corrected chi connectivity index (χ3v) is 5.14. The van der Waals surface area contributed by atoms with Crippen molar-refractivity contribution in [2.75, 3.05) is 39.4 Å². The maximum atomic E-state index is 5.36. The summed E-state index contributed by atoms with van der Waals surface area (Å²) in [7, 11) is 0. The van der Waals surface area contributed by atoms with Gasteiger partial charge < -0.3 is 10.1 Å². The van der Waals surface area contributed by atoms with Crippen LogP contribution in [0.5, 0.6) is 0 Å². The van der Waals surface area contributed by atoms with Crippen molar-refractivity contribution in [3.63, 3.8) is 0 Å². The van der Waals surface area contributed by atoms with Crippen molar-refractivity contribution in [1.29, 1.82) is 0 Å². The zero-order valence-corrected chi connectivity index (χ0v) is 13.9. The van der Waals surface area contributed by atoms with Crippen molar-refractivity contribution in [3.8, 4) is 0 Å². The summed E-state index contributed by atoms with van der Waals surface area (Å²) >= 11 is 1.94. The quantitative estimate of drug-likeness (QED) is 0.817. The molecule has 0 aliphatic carbocycles. The molecular weight excluding hydrogens is 268 g/mol. The van der Waals surface area contributed by atoms with Gasteiger partial charge in [0.1, 0.15) is 0 Å². The van der Waals surface area contributed by atoms with E-state index in [9.17, 15) is 0 Å². The Morgan fingerprint density at radius 3 is 2.65 bits per heavy atom. The first-order chi connectivity index (χ1) is 9.55. The second kappa shape index (κ2) is 7.55. The van der Waals surface area contributed by atoms with Crippen LogP contribution in [0.3, 0.4) is 0 Å². The summed E-state index contributed by atoms with van der Waals surface area (Å²) in [6.45, 7) is 14.1. The minimum Gasteiger partial charge on any atom is -0.379 e. The third-order valence-electron chi connectivity index (χ3n) is 3.63. The van der Waals surface area contributed by atoms with Gasteiger partial charge in [0.2, 0.25) is 0 Å². The molecule has 1 aliphatic rings. The molecule has 0 amide bonds. The van der Waals surface area contributed by atoms with Gasteiger partial charge in [0.25, 0.3) is 0 Å². The maximum Gasteiger partial charge on any atom is 0.0594 e. The van der Waals surface area contributed by atoms with Crippen LogP contribution in [0.15, 0.2) is 12.1 Å². The van der Waals surface area contributed by atoms with Crippen LogP contribution in [0.2, 0.25) is 0 Å². The molecular formula is C16H28N2OS. The Morgan fingerprint density at radius 2 is 2.00 bits per heavy atom. The van der Waals surface area contributed by atoms with E-state index < -0.39 is 0 Å². The average molecular weight is 296 g/mol. The third kappa shape index (κ3) is 5.17. The summed E-state index contributed by atoms with van der Waals surface area (Å²) in [5.74, 6) is 0. The lowest BCUT2D eigenvalue weighted by atomic mass is 9.95. The molecule has 4 heteroatoms. The molecule has 3 nitrogen and oxygen atoms in total. The van der Waals surface area contributed by atoms with E-state index in [4.69, 9.17) is 4.74 Å². The molecule has 0 radical (unpaired) electrons. The molecule has 1 aromatic rings. The summed E-state index contributed by atoms with van der Waals surface area (Å²) in [5.41, 5.74) is 0.277. The van der Waals surface area contributed by atoms with Gasteiger partial charge in [-0.05, 0) is 37.1 Å². The molecule has 0 bridgehead atoms. The normalized spacial score (nSPS) is 17.6. The van der Waals surface area contributed by atoms with Crippen LogP contribution < -0.4 is 5.32 Å². The molecule has 2 heterocycles. The fourth-order valence-electron chi connectivity index (χ4n) is 2.34. The Bertz CT molecular complexity index is 391. The number of nitrogens with one attached hydrogen (secondary N) is 1. The lowest BCUT2D eigenvalue weighted by Crippen LogP contribution is -2.37. The lowest BCUT2D eigenvalue weighted by molar-refractivity contribution is 0.0374. The summed E-state index contributed by atoms with van der Waals surface area (Å²) in [4.78, 5) is 5.41. The Labute approximate surface area is 127 Å². The molecule has 1 aromatic heterocycles. The Morgan fingerprint density at radius 1 is 1.25 bits per heavy atom. The van der Waals surface area contributed by atoms with Crippen molar-refractivity contribution < 1.29 is 4.74 Å². The minimum atomic E-state index is 0.277. The standard InChI is InChI=1S/C16H28N2OS/c1-16(2,3)15-6-5-14(20-15)13-17-7-4-8-18-9-11-19-12-10-18/h5-6,17H,4,7-13H2,1-3H3. The van der Waals surface area contributed by atoms with Crippen molar-refractivity contribution >= 4 is 11.3 Å².